The van der Waals surface area contributed by atoms with Gasteiger partial charge in [-0.1, -0.05) is 33.3 Å². The highest BCUT2D eigenvalue weighted by Gasteiger charge is 2.78. The van der Waals surface area contributed by atoms with E-state index in [0.717, 1.165) is 29.8 Å². The average molecular weight is 537 g/mol. The molecule has 7 nitrogen and oxygen atoms in total. The number of aliphatic carboxylic acids is 1. The van der Waals surface area contributed by atoms with E-state index in [4.69, 9.17) is 4.74 Å². The molecule has 4 unspecified atom stereocenters. The number of hydrogen-bond donors (Lipinski definition) is 2. The summed E-state index contributed by atoms with van der Waals surface area (Å²) in [6.45, 7) is 9.76. The highest BCUT2D eigenvalue weighted by Crippen LogP contribution is 2.77. The molecule has 0 saturated heterocycles. The van der Waals surface area contributed by atoms with E-state index in [2.05, 4.69) is 31.9 Å². The van der Waals surface area contributed by atoms with Crippen molar-refractivity contribution in [3.63, 3.8) is 0 Å². The molecule has 208 valence electrons. The van der Waals surface area contributed by atoms with E-state index in [-0.39, 0.29) is 30.0 Å². The summed E-state index contributed by atoms with van der Waals surface area (Å²) in [4.78, 5) is 24.9. The highest BCUT2D eigenvalue weighted by atomic mass is 19.1. The number of benzene rings is 1. The fourth-order valence-electron chi connectivity index (χ4n) is 9.54. The van der Waals surface area contributed by atoms with Crippen molar-refractivity contribution in [2.45, 2.75) is 84.8 Å². The number of halogens is 1. The van der Waals surface area contributed by atoms with E-state index in [1.54, 1.807) is 12.1 Å². The largest absolute Gasteiger partial charge is 0.478 e. The van der Waals surface area contributed by atoms with Crippen molar-refractivity contribution >= 4 is 18.0 Å². The first-order valence-electron chi connectivity index (χ1n) is 13.9. The third-order valence-corrected chi connectivity index (χ3v) is 12.0. The lowest BCUT2D eigenvalue weighted by Crippen LogP contribution is -2.70. The summed E-state index contributed by atoms with van der Waals surface area (Å²) in [5.41, 5.74) is 0.149. The topological polar surface area (TPSA) is 102 Å². The van der Waals surface area contributed by atoms with Crippen LogP contribution in [-0.2, 0) is 20.7 Å². The smallest absolute Gasteiger partial charge is 0.348 e. The van der Waals surface area contributed by atoms with Crippen molar-refractivity contribution < 1.29 is 28.9 Å². The highest BCUT2D eigenvalue weighted by molar-refractivity contribution is 5.83. The Morgan fingerprint density at radius 3 is 2.46 bits per heavy atom. The number of aromatic nitrogens is 2. The molecule has 4 aliphatic rings. The van der Waals surface area contributed by atoms with Gasteiger partial charge in [-0.05, 0) is 85.8 Å². The third-order valence-electron chi connectivity index (χ3n) is 12.0. The first-order valence-corrected chi connectivity index (χ1v) is 13.9. The van der Waals surface area contributed by atoms with E-state index in [1.807, 2.05) is 17.8 Å². The lowest BCUT2D eigenvalue weighted by molar-refractivity contribution is -0.252. The second kappa shape index (κ2) is 8.03. The van der Waals surface area contributed by atoms with Crippen molar-refractivity contribution in [3.8, 4) is 5.69 Å². The second-order valence-corrected chi connectivity index (χ2v) is 13.2. The molecule has 2 N–H and O–H groups in total. The predicted octanol–water partition coefficient (Wildman–Crippen LogP) is 5.33. The van der Waals surface area contributed by atoms with Crippen molar-refractivity contribution in [1.82, 2.24) is 9.78 Å². The number of nitrogens with zero attached hydrogens (tertiary/aromatic N) is 2. The van der Waals surface area contributed by atoms with Gasteiger partial charge in [0.15, 0.2) is 0 Å². The fraction of sp³-hybridized carbons (Fsp3) is 0.581. The van der Waals surface area contributed by atoms with E-state index in [1.165, 1.54) is 24.6 Å². The second-order valence-electron chi connectivity index (χ2n) is 13.2. The van der Waals surface area contributed by atoms with Crippen LogP contribution in [0.15, 0.2) is 36.0 Å². The molecule has 39 heavy (non-hydrogen) atoms. The Morgan fingerprint density at radius 2 is 1.82 bits per heavy atom. The van der Waals surface area contributed by atoms with Crippen molar-refractivity contribution in [3.05, 3.63) is 53.1 Å². The van der Waals surface area contributed by atoms with E-state index in [0.29, 0.717) is 12.8 Å². The number of carboxylic acids is 1. The van der Waals surface area contributed by atoms with Crippen molar-refractivity contribution in [2.75, 3.05) is 0 Å². The number of rotatable bonds is 3. The Morgan fingerprint density at radius 1 is 1.13 bits per heavy atom. The van der Waals surface area contributed by atoms with Gasteiger partial charge in [-0.15, -0.1) is 0 Å². The lowest BCUT2D eigenvalue weighted by atomic mass is 9.35. The number of aliphatic hydroxyl groups is 1. The molecule has 2 aromatic rings. The van der Waals surface area contributed by atoms with Gasteiger partial charge in [-0.25, -0.2) is 13.9 Å². The number of hydrogen-bond acceptors (Lipinski definition) is 5. The minimum absolute atomic E-state index is 0.0198. The van der Waals surface area contributed by atoms with Crippen LogP contribution in [0.1, 0.15) is 78.0 Å². The molecule has 8 heteroatoms. The van der Waals surface area contributed by atoms with Crippen LogP contribution in [0.25, 0.3) is 11.8 Å². The minimum Gasteiger partial charge on any atom is -0.478 e. The van der Waals surface area contributed by atoms with Crippen LogP contribution in [0.5, 0.6) is 0 Å². The van der Waals surface area contributed by atoms with Gasteiger partial charge in [0.05, 0.1) is 23.7 Å². The average Bonchev–Trinajstić information content (AvgIpc) is 3.36. The molecular formula is C31H37FN2O5. The first-order chi connectivity index (χ1) is 18.2. The van der Waals surface area contributed by atoms with Crippen LogP contribution in [0.3, 0.4) is 0 Å². The zero-order valence-electron chi connectivity index (χ0n) is 23.3. The monoisotopic (exact) mass is 536 g/mol. The minimum atomic E-state index is -1.66. The maximum atomic E-state index is 13.6. The van der Waals surface area contributed by atoms with E-state index in [9.17, 15) is 24.2 Å². The Balaban J connectivity index is 1.44. The molecule has 6 rings (SSSR count). The Labute approximate surface area is 228 Å². The summed E-state index contributed by atoms with van der Waals surface area (Å²) in [6, 6.07) is 6.30. The number of ether oxygens (including phenoxy) is 1. The number of aliphatic hydroxyl groups excluding tert-OH is 1. The van der Waals surface area contributed by atoms with Gasteiger partial charge in [0, 0.05) is 23.2 Å². The molecule has 3 fully saturated rings. The molecule has 7 atom stereocenters. The summed E-state index contributed by atoms with van der Waals surface area (Å²) < 4.78 is 21.1. The molecule has 1 aromatic carbocycles. The number of carbonyl (C=O) groups excluding carboxylic acids is 1. The fourth-order valence-corrected chi connectivity index (χ4v) is 9.54. The van der Waals surface area contributed by atoms with Gasteiger partial charge >= 0.3 is 11.9 Å². The van der Waals surface area contributed by atoms with Gasteiger partial charge in [0.2, 0.25) is 5.60 Å². The van der Waals surface area contributed by atoms with E-state index < -0.39 is 39.9 Å². The third kappa shape index (κ3) is 3.04. The standard InChI is InChI=1S/C31H37FN2O5/c1-18(35)39-31(26(37)38)13-12-27(2)24-11-6-20-14-23-19(17-33-34(23)22-9-7-21(32)8-10-22)15-28(20,3)30(24,5)25(36)16-29(27,31)4/h7-10,14,17,24-25,36H,6,11-13,15-16H2,1-5H3,(H,37,38)/t24?,25-,27-,28?,29?,30+,31?/m0/s1. The molecule has 0 radical (unpaired) electrons. The summed E-state index contributed by atoms with van der Waals surface area (Å²) >= 11 is 0. The number of fused-ring (bicyclic) bond motifs is 6. The Hall–Kier alpha value is -3.00. The van der Waals surface area contributed by atoms with Gasteiger partial charge in [-0.2, -0.15) is 5.10 Å². The summed E-state index contributed by atoms with van der Waals surface area (Å²) in [6.07, 6.45) is 6.68. The molecule has 1 heterocycles. The Bertz CT molecular complexity index is 1420. The molecule has 4 aliphatic carbocycles. The van der Waals surface area contributed by atoms with Crippen LogP contribution in [0, 0.1) is 33.4 Å². The van der Waals surface area contributed by atoms with Crippen molar-refractivity contribution in [1.29, 1.82) is 0 Å². The van der Waals surface area contributed by atoms with Gasteiger partial charge < -0.3 is 14.9 Å². The van der Waals surface area contributed by atoms with Gasteiger partial charge in [-0.3, -0.25) is 4.79 Å². The van der Waals surface area contributed by atoms with Gasteiger partial charge in [0.1, 0.15) is 5.82 Å². The van der Waals surface area contributed by atoms with Crippen LogP contribution >= 0.6 is 0 Å². The number of carboxylic acid groups (broad SMARTS) is 1. The maximum Gasteiger partial charge on any atom is 0.348 e. The first kappa shape index (κ1) is 26.2. The van der Waals surface area contributed by atoms with Crippen molar-refractivity contribution in [2.24, 2.45) is 27.6 Å². The van der Waals surface area contributed by atoms with Crippen LogP contribution in [-0.4, -0.2) is 43.6 Å². The number of esters is 1. The summed E-state index contributed by atoms with van der Waals surface area (Å²) in [5.74, 6) is -2.01. The normalized spacial score (nSPS) is 40.5. The number of carbonyl (C=O) groups is 2. The maximum absolute atomic E-state index is 13.6. The molecule has 0 spiro atoms. The van der Waals surface area contributed by atoms with Gasteiger partial charge in [0.25, 0.3) is 0 Å². The molecular weight excluding hydrogens is 499 g/mol. The molecule has 3 saturated carbocycles. The van der Waals surface area contributed by atoms with Crippen LogP contribution in [0.4, 0.5) is 4.39 Å². The summed E-state index contributed by atoms with van der Waals surface area (Å²) in [5, 5.41) is 27.2. The quantitative estimate of drug-likeness (QED) is 0.514. The van der Waals surface area contributed by atoms with Crippen LogP contribution < -0.4 is 0 Å². The predicted molar refractivity (Wildman–Crippen MR) is 142 cm³/mol. The summed E-state index contributed by atoms with van der Waals surface area (Å²) in [7, 11) is 0. The lowest BCUT2D eigenvalue weighted by Gasteiger charge is -2.69. The molecule has 1 aromatic heterocycles. The van der Waals surface area contributed by atoms with Crippen LogP contribution in [0.2, 0.25) is 0 Å². The van der Waals surface area contributed by atoms with E-state index >= 15 is 0 Å². The molecule has 0 bridgehead atoms. The molecule has 0 aliphatic heterocycles. The zero-order chi connectivity index (χ0) is 28.2. The Kier molecular flexibility index (Phi) is 5.40. The SMILES string of the molecule is CC(=O)OC1(C(=O)O)CC[C@@]2(C)C3CCC4=Cc5c(cnn5-c5ccc(F)cc5)CC4(C)[C@@]3(C)[C@@H](O)CC12C. The molecule has 0 amide bonds. The number of allylic oxidation sites excluding steroid dienone is 1. The zero-order valence-corrected chi connectivity index (χ0v) is 23.3.